The van der Waals surface area contributed by atoms with Crippen LogP contribution in [0.15, 0.2) is 47.0 Å². The summed E-state index contributed by atoms with van der Waals surface area (Å²) in [7, 11) is 1.51. The molecule has 3 aromatic rings. The van der Waals surface area contributed by atoms with Gasteiger partial charge < -0.3 is 24.1 Å². The van der Waals surface area contributed by atoms with Gasteiger partial charge in [0.2, 0.25) is 0 Å². The van der Waals surface area contributed by atoms with Crippen LogP contribution in [0.25, 0.3) is 6.08 Å². The zero-order valence-corrected chi connectivity index (χ0v) is 20.0. The number of amides is 1. The van der Waals surface area contributed by atoms with Gasteiger partial charge >= 0.3 is 5.97 Å². The van der Waals surface area contributed by atoms with E-state index in [4.69, 9.17) is 35.6 Å². The number of carbonyl (C=O) groups excluding carboxylic acids is 2. The number of nitrogens with zero attached hydrogens (tertiary/aromatic N) is 2. The summed E-state index contributed by atoms with van der Waals surface area (Å²) in [6, 6.07) is 11.5. The monoisotopic (exact) mass is 495 g/mol. The van der Waals surface area contributed by atoms with Crippen LogP contribution in [0.4, 0.5) is 5.69 Å². The number of hydrogen-bond donors (Lipinski definition) is 1. The van der Waals surface area contributed by atoms with Crippen LogP contribution in [0.3, 0.4) is 0 Å². The molecule has 9 nitrogen and oxygen atoms in total. The van der Waals surface area contributed by atoms with Crippen LogP contribution in [0.1, 0.15) is 28.1 Å². The number of halogens is 1. The fourth-order valence-corrected chi connectivity index (χ4v) is 3.22. The zero-order chi connectivity index (χ0) is 25.4. The maximum atomic E-state index is 12.0. The Morgan fingerprint density at radius 2 is 2.00 bits per heavy atom. The van der Waals surface area contributed by atoms with Crippen LogP contribution in [0.2, 0.25) is 5.02 Å². The van der Waals surface area contributed by atoms with Crippen molar-refractivity contribution in [1.82, 2.24) is 5.16 Å². The number of anilines is 1. The number of ether oxygens (including phenoxy) is 3. The van der Waals surface area contributed by atoms with Crippen molar-refractivity contribution in [3.8, 4) is 17.6 Å². The van der Waals surface area contributed by atoms with Crippen molar-refractivity contribution in [1.29, 1.82) is 5.26 Å². The Kier molecular flexibility index (Phi) is 8.48. The third-order valence-electron chi connectivity index (χ3n) is 4.87. The molecule has 35 heavy (non-hydrogen) atoms. The average molecular weight is 496 g/mol. The number of nitriles is 1. The van der Waals surface area contributed by atoms with Crippen molar-refractivity contribution in [2.24, 2.45) is 0 Å². The van der Waals surface area contributed by atoms with E-state index < -0.39 is 18.5 Å². The second-order valence-electron chi connectivity index (χ2n) is 7.30. The first-order chi connectivity index (χ1) is 16.8. The molecule has 1 aromatic heterocycles. The molecule has 1 heterocycles. The lowest BCUT2D eigenvalue weighted by Gasteiger charge is -2.11. The maximum Gasteiger partial charge on any atom is 0.331 e. The second-order valence-corrected chi connectivity index (χ2v) is 7.70. The average Bonchev–Trinajstić information content (AvgIpc) is 3.17. The Morgan fingerprint density at radius 1 is 1.20 bits per heavy atom. The number of benzene rings is 2. The van der Waals surface area contributed by atoms with Crippen molar-refractivity contribution in [2.75, 3.05) is 19.0 Å². The highest BCUT2D eigenvalue weighted by Crippen LogP contribution is 2.30. The molecule has 1 N–H and O–H groups in total. The van der Waals surface area contributed by atoms with E-state index in [0.717, 1.165) is 11.3 Å². The summed E-state index contributed by atoms with van der Waals surface area (Å²) in [6.07, 6.45) is 2.73. The van der Waals surface area contributed by atoms with Crippen LogP contribution in [-0.4, -0.2) is 30.7 Å². The minimum atomic E-state index is -0.698. The predicted molar refractivity (Wildman–Crippen MR) is 128 cm³/mol. The summed E-state index contributed by atoms with van der Waals surface area (Å²) < 4.78 is 21.3. The Hall–Kier alpha value is -4.29. The molecular formula is C25H22ClN3O6. The Balaban J connectivity index is 1.53. The minimum absolute atomic E-state index is 0.209. The molecule has 10 heteroatoms. The normalized spacial score (nSPS) is 10.6. The summed E-state index contributed by atoms with van der Waals surface area (Å²) in [5.41, 5.74) is 2.96. The number of methoxy groups -OCH3 is 1. The van der Waals surface area contributed by atoms with E-state index in [1.807, 2.05) is 19.9 Å². The third-order valence-corrected chi connectivity index (χ3v) is 5.18. The number of rotatable bonds is 9. The topological polar surface area (TPSA) is 124 Å². The van der Waals surface area contributed by atoms with E-state index >= 15 is 0 Å². The molecule has 2 aromatic carbocycles. The maximum absolute atomic E-state index is 12.0. The van der Waals surface area contributed by atoms with Crippen molar-refractivity contribution >= 4 is 35.2 Å². The lowest BCUT2D eigenvalue weighted by atomic mass is 10.2. The molecule has 0 radical (unpaired) electrons. The molecule has 0 atom stereocenters. The van der Waals surface area contributed by atoms with Gasteiger partial charge in [-0.25, -0.2) is 4.79 Å². The molecule has 0 fully saturated rings. The van der Waals surface area contributed by atoms with Crippen molar-refractivity contribution in [2.45, 2.75) is 20.5 Å². The molecule has 0 unspecified atom stereocenters. The second kappa shape index (κ2) is 11.7. The number of carbonyl (C=O) groups is 2. The third kappa shape index (κ3) is 6.85. The lowest BCUT2D eigenvalue weighted by molar-refractivity contribution is -0.142. The molecule has 0 saturated carbocycles. The SMILES string of the molecule is COc1cc(/C=C/C(=O)OCC(=O)Nc2ccc(C#N)c(Cl)c2)ccc1OCc1c(C)noc1C. The standard InChI is InChI=1S/C25H22ClN3O6/c1-15-20(16(2)35-29-15)13-33-22-8-4-17(10-23(22)32-3)5-9-25(31)34-14-24(30)28-19-7-6-18(12-27)21(26)11-19/h4-11H,13-14H2,1-3H3,(H,28,30)/b9-5+. The molecule has 0 aliphatic heterocycles. The summed E-state index contributed by atoms with van der Waals surface area (Å²) in [6.45, 7) is 3.44. The fourth-order valence-electron chi connectivity index (χ4n) is 2.99. The quantitative estimate of drug-likeness (QED) is 0.337. The summed E-state index contributed by atoms with van der Waals surface area (Å²) >= 11 is 5.93. The van der Waals surface area contributed by atoms with Crippen LogP contribution < -0.4 is 14.8 Å². The van der Waals surface area contributed by atoms with E-state index in [-0.39, 0.29) is 17.2 Å². The van der Waals surface area contributed by atoms with Crippen LogP contribution in [-0.2, 0) is 20.9 Å². The van der Waals surface area contributed by atoms with Gasteiger partial charge in [0.05, 0.1) is 29.0 Å². The molecule has 0 aliphatic rings. The van der Waals surface area contributed by atoms with Gasteiger partial charge in [0.1, 0.15) is 18.4 Å². The number of nitrogens with one attached hydrogen (secondary N) is 1. The first-order valence-corrected chi connectivity index (χ1v) is 10.8. The van der Waals surface area contributed by atoms with Gasteiger partial charge in [0.25, 0.3) is 5.91 Å². The van der Waals surface area contributed by atoms with Crippen molar-refractivity contribution in [3.63, 3.8) is 0 Å². The van der Waals surface area contributed by atoms with Gasteiger partial charge in [-0.05, 0) is 55.8 Å². The minimum Gasteiger partial charge on any atom is -0.493 e. The van der Waals surface area contributed by atoms with E-state index in [9.17, 15) is 9.59 Å². The highest BCUT2D eigenvalue weighted by Gasteiger charge is 2.12. The van der Waals surface area contributed by atoms with Gasteiger partial charge in [-0.3, -0.25) is 4.79 Å². The first kappa shape index (κ1) is 25.3. The summed E-state index contributed by atoms with van der Waals surface area (Å²) in [5, 5.41) is 15.5. The predicted octanol–water partition coefficient (Wildman–Crippen LogP) is 4.60. The highest BCUT2D eigenvalue weighted by molar-refractivity contribution is 6.32. The van der Waals surface area contributed by atoms with Gasteiger partial charge in [-0.1, -0.05) is 22.8 Å². The highest BCUT2D eigenvalue weighted by atomic mass is 35.5. The lowest BCUT2D eigenvalue weighted by Crippen LogP contribution is -2.20. The smallest absolute Gasteiger partial charge is 0.331 e. The zero-order valence-electron chi connectivity index (χ0n) is 19.3. The van der Waals surface area contributed by atoms with Gasteiger partial charge in [0, 0.05) is 11.8 Å². The number of aromatic nitrogens is 1. The van der Waals surface area contributed by atoms with Crippen LogP contribution in [0, 0.1) is 25.2 Å². The van der Waals surface area contributed by atoms with E-state index in [1.165, 1.54) is 37.5 Å². The number of hydrogen-bond acceptors (Lipinski definition) is 8. The van der Waals surface area contributed by atoms with Crippen molar-refractivity contribution in [3.05, 3.63) is 75.6 Å². The molecular weight excluding hydrogens is 474 g/mol. The summed E-state index contributed by atoms with van der Waals surface area (Å²) in [4.78, 5) is 24.0. The van der Waals surface area contributed by atoms with Crippen LogP contribution in [0.5, 0.6) is 11.5 Å². The van der Waals surface area contributed by atoms with Gasteiger partial charge in [-0.15, -0.1) is 0 Å². The Morgan fingerprint density at radius 3 is 2.66 bits per heavy atom. The molecule has 0 aliphatic carbocycles. The number of aryl methyl sites for hydroxylation is 2. The van der Waals surface area contributed by atoms with E-state index in [1.54, 1.807) is 18.2 Å². The first-order valence-electron chi connectivity index (χ1n) is 10.4. The van der Waals surface area contributed by atoms with E-state index in [0.29, 0.717) is 28.5 Å². The Bertz CT molecular complexity index is 1290. The molecule has 180 valence electrons. The number of esters is 1. The van der Waals surface area contributed by atoms with Gasteiger partial charge in [-0.2, -0.15) is 5.26 Å². The summed E-state index contributed by atoms with van der Waals surface area (Å²) in [5.74, 6) is 0.443. The van der Waals surface area contributed by atoms with Gasteiger partial charge in [0.15, 0.2) is 18.1 Å². The fraction of sp³-hybridized carbons (Fsp3) is 0.200. The molecule has 0 saturated heterocycles. The van der Waals surface area contributed by atoms with Crippen molar-refractivity contribution < 1.29 is 28.3 Å². The molecule has 0 spiro atoms. The van der Waals surface area contributed by atoms with Crippen LogP contribution >= 0.6 is 11.6 Å². The molecule has 0 bridgehead atoms. The van der Waals surface area contributed by atoms with E-state index in [2.05, 4.69) is 10.5 Å². The molecule has 1 amide bonds. The molecule has 3 rings (SSSR count). The largest absolute Gasteiger partial charge is 0.493 e. The Labute approximate surface area is 206 Å².